The van der Waals surface area contributed by atoms with E-state index in [-0.39, 0.29) is 11.6 Å². The van der Waals surface area contributed by atoms with Gasteiger partial charge >= 0.3 is 6.18 Å². The van der Waals surface area contributed by atoms with E-state index >= 15 is 0 Å². The van der Waals surface area contributed by atoms with Crippen molar-refractivity contribution in [3.05, 3.63) is 11.9 Å². The van der Waals surface area contributed by atoms with Gasteiger partial charge in [0.2, 0.25) is 5.82 Å². The van der Waals surface area contributed by atoms with Gasteiger partial charge in [0, 0.05) is 12.6 Å². The van der Waals surface area contributed by atoms with Crippen LogP contribution in [0.15, 0.2) is 6.07 Å². The minimum absolute atomic E-state index is 0.0804. The molecular weight excluding hydrogens is 273 g/mol. The van der Waals surface area contributed by atoms with Crippen LogP contribution in [0.5, 0.6) is 0 Å². The molecule has 4 N–H and O–H groups in total. The summed E-state index contributed by atoms with van der Waals surface area (Å²) in [7, 11) is 3.93. The van der Waals surface area contributed by atoms with E-state index in [9.17, 15) is 13.2 Å². The molecule has 0 saturated carbocycles. The van der Waals surface area contributed by atoms with Gasteiger partial charge in [0.05, 0.1) is 0 Å². The predicted molar refractivity (Wildman–Crippen MR) is 71.1 cm³/mol. The summed E-state index contributed by atoms with van der Waals surface area (Å²) in [4.78, 5) is 8.75. The number of hydrogen-bond donors (Lipinski definition) is 3. The van der Waals surface area contributed by atoms with Gasteiger partial charge < -0.3 is 15.6 Å². The van der Waals surface area contributed by atoms with Gasteiger partial charge in [0.1, 0.15) is 11.6 Å². The van der Waals surface area contributed by atoms with Crippen LogP contribution in [-0.2, 0) is 6.18 Å². The molecular formula is C11H19F3N6. The zero-order valence-corrected chi connectivity index (χ0v) is 11.5. The van der Waals surface area contributed by atoms with Crippen LogP contribution in [0.2, 0.25) is 0 Å². The minimum atomic E-state index is -4.60. The number of anilines is 2. The van der Waals surface area contributed by atoms with Crippen molar-refractivity contribution >= 4 is 11.6 Å². The molecule has 20 heavy (non-hydrogen) atoms. The molecule has 0 fully saturated rings. The van der Waals surface area contributed by atoms with Crippen LogP contribution >= 0.6 is 0 Å². The second-order valence-corrected chi connectivity index (χ2v) is 4.54. The van der Waals surface area contributed by atoms with E-state index in [2.05, 4.69) is 20.7 Å². The number of nitrogens with two attached hydrogens (primary N) is 1. The van der Waals surface area contributed by atoms with Gasteiger partial charge in [-0.05, 0) is 33.5 Å². The number of alkyl halides is 3. The highest BCUT2D eigenvalue weighted by Gasteiger charge is 2.35. The molecule has 0 aromatic carbocycles. The average Bonchev–Trinajstić information content (AvgIpc) is 2.36. The number of rotatable bonds is 7. The minimum Gasteiger partial charge on any atom is -0.370 e. The molecule has 6 nitrogen and oxygen atoms in total. The highest BCUT2D eigenvalue weighted by atomic mass is 19.4. The van der Waals surface area contributed by atoms with Crippen molar-refractivity contribution in [3.63, 3.8) is 0 Å². The van der Waals surface area contributed by atoms with Gasteiger partial charge in [0.15, 0.2) is 0 Å². The van der Waals surface area contributed by atoms with Crippen LogP contribution in [0.1, 0.15) is 18.7 Å². The summed E-state index contributed by atoms with van der Waals surface area (Å²) in [6.07, 6.45) is -2.83. The first kappa shape index (κ1) is 16.4. The van der Waals surface area contributed by atoms with Crippen molar-refractivity contribution in [2.45, 2.75) is 19.0 Å². The molecule has 0 unspecified atom stereocenters. The van der Waals surface area contributed by atoms with Gasteiger partial charge in [-0.3, -0.25) is 0 Å². The third-order valence-corrected chi connectivity index (χ3v) is 2.47. The predicted octanol–water partition coefficient (Wildman–Crippen LogP) is 1.53. The van der Waals surface area contributed by atoms with E-state index < -0.39 is 12.0 Å². The third kappa shape index (κ3) is 5.57. The molecule has 1 heterocycles. The van der Waals surface area contributed by atoms with Crippen molar-refractivity contribution in [1.82, 2.24) is 14.9 Å². The molecule has 1 aromatic heterocycles. The maximum atomic E-state index is 12.6. The van der Waals surface area contributed by atoms with E-state index in [0.29, 0.717) is 6.54 Å². The summed E-state index contributed by atoms with van der Waals surface area (Å²) < 4.78 is 37.8. The molecule has 114 valence electrons. The molecule has 1 rings (SSSR count). The SMILES string of the molecule is CN(C)CCCCNc1cc(NN)nc(C(F)(F)F)n1. The number of nitrogen functional groups attached to an aromatic ring is 1. The van der Waals surface area contributed by atoms with Crippen LogP contribution in [0, 0.1) is 0 Å². The topological polar surface area (TPSA) is 79.1 Å². The molecule has 0 saturated heterocycles. The van der Waals surface area contributed by atoms with Gasteiger partial charge in [-0.15, -0.1) is 0 Å². The van der Waals surface area contributed by atoms with E-state index in [0.717, 1.165) is 19.4 Å². The van der Waals surface area contributed by atoms with Gasteiger partial charge in [-0.25, -0.2) is 15.8 Å². The molecule has 1 aromatic rings. The lowest BCUT2D eigenvalue weighted by Crippen LogP contribution is -2.18. The maximum absolute atomic E-state index is 12.6. The van der Waals surface area contributed by atoms with Gasteiger partial charge in [0.25, 0.3) is 0 Å². The molecule has 0 spiro atoms. The Morgan fingerprint density at radius 3 is 2.40 bits per heavy atom. The molecule has 0 radical (unpaired) electrons. The number of aromatic nitrogens is 2. The van der Waals surface area contributed by atoms with E-state index in [4.69, 9.17) is 5.84 Å². The Hall–Kier alpha value is -1.61. The van der Waals surface area contributed by atoms with Gasteiger partial charge in [-0.2, -0.15) is 13.2 Å². The summed E-state index contributed by atoms with van der Waals surface area (Å²) in [5.41, 5.74) is 2.10. The van der Waals surface area contributed by atoms with Crippen molar-refractivity contribution in [2.24, 2.45) is 5.84 Å². The second kappa shape index (κ2) is 7.25. The Bertz CT molecular complexity index is 421. The number of hydrazine groups is 1. The maximum Gasteiger partial charge on any atom is 0.451 e. The number of hydrogen-bond acceptors (Lipinski definition) is 6. The average molecular weight is 292 g/mol. The van der Waals surface area contributed by atoms with Gasteiger partial charge in [-0.1, -0.05) is 0 Å². The number of unbranched alkanes of at least 4 members (excludes halogenated alkanes) is 1. The zero-order valence-electron chi connectivity index (χ0n) is 11.5. The number of nitrogens with one attached hydrogen (secondary N) is 2. The van der Waals surface area contributed by atoms with Crippen molar-refractivity contribution < 1.29 is 13.2 Å². The molecule has 0 atom stereocenters. The summed E-state index contributed by atoms with van der Waals surface area (Å²) in [6, 6.07) is 1.33. The fourth-order valence-electron chi connectivity index (χ4n) is 1.51. The van der Waals surface area contributed by atoms with Crippen molar-refractivity contribution in [3.8, 4) is 0 Å². The van der Waals surface area contributed by atoms with Crippen LogP contribution in [0.4, 0.5) is 24.8 Å². The van der Waals surface area contributed by atoms with E-state index in [1.165, 1.54) is 6.07 Å². The summed E-state index contributed by atoms with van der Waals surface area (Å²) in [6.45, 7) is 1.46. The zero-order chi connectivity index (χ0) is 15.2. The summed E-state index contributed by atoms with van der Waals surface area (Å²) >= 11 is 0. The lowest BCUT2D eigenvalue weighted by molar-refractivity contribution is -0.144. The van der Waals surface area contributed by atoms with Crippen LogP contribution < -0.4 is 16.6 Å². The normalized spacial score (nSPS) is 11.8. The van der Waals surface area contributed by atoms with Crippen molar-refractivity contribution in [1.29, 1.82) is 0 Å². The Balaban J connectivity index is 2.61. The quantitative estimate of drug-likeness (QED) is 0.402. The summed E-state index contributed by atoms with van der Waals surface area (Å²) in [5.74, 6) is 3.90. The Kier molecular flexibility index (Phi) is 5.96. The highest BCUT2D eigenvalue weighted by Crippen LogP contribution is 2.28. The Labute approximate surface area is 115 Å². The summed E-state index contributed by atoms with van der Waals surface area (Å²) in [5, 5.41) is 2.84. The number of nitrogens with zero attached hydrogens (tertiary/aromatic N) is 3. The molecule has 0 aliphatic heterocycles. The monoisotopic (exact) mass is 292 g/mol. The smallest absolute Gasteiger partial charge is 0.370 e. The molecule has 9 heteroatoms. The van der Waals surface area contributed by atoms with E-state index in [1.807, 2.05) is 19.0 Å². The first-order valence-corrected chi connectivity index (χ1v) is 6.14. The first-order chi connectivity index (χ1) is 9.32. The fourth-order valence-corrected chi connectivity index (χ4v) is 1.51. The molecule has 0 aliphatic rings. The lowest BCUT2D eigenvalue weighted by Gasteiger charge is -2.12. The lowest BCUT2D eigenvalue weighted by atomic mass is 10.3. The van der Waals surface area contributed by atoms with E-state index in [1.54, 1.807) is 0 Å². The Morgan fingerprint density at radius 1 is 1.20 bits per heavy atom. The second-order valence-electron chi connectivity index (χ2n) is 4.54. The molecule has 0 aliphatic carbocycles. The van der Waals surface area contributed by atoms with Crippen LogP contribution in [-0.4, -0.2) is 42.1 Å². The van der Waals surface area contributed by atoms with Crippen LogP contribution in [0.3, 0.4) is 0 Å². The first-order valence-electron chi connectivity index (χ1n) is 6.14. The molecule has 0 amide bonds. The third-order valence-electron chi connectivity index (χ3n) is 2.47. The Morgan fingerprint density at radius 2 is 1.85 bits per heavy atom. The largest absolute Gasteiger partial charge is 0.451 e. The fraction of sp³-hybridized carbons (Fsp3) is 0.636. The standard InChI is InChI=1S/C11H19F3N6/c1-20(2)6-4-3-5-16-8-7-9(19-15)18-10(17-8)11(12,13)14/h7H,3-6,15H2,1-2H3,(H2,16,17,18,19). The molecule has 0 bridgehead atoms. The number of halogens is 3. The van der Waals surface area contributed by atoms with Crippen molar-refractivity contribution in [2.75, 3.05) is 37.9 Å². The highest BCUT2D eigenvalue weighted by molar-refractivity contribution is 5.47. The van der Waals surface area contributed by atoms with Crippen LogP contribution in [0.25, 0.3) is 0 Å².